The molecular weight excluding hydrogens is 286 g/mol. The number of aromatic nitrogens is 2. The van der Waals surface area contributed by atoms with E-state index in [9.17, 15) is 4.79 Å². The van der Waals surface area contributed by atoms with Crippen LogP contribution in [0.25, 0.3) is 0 Å². The van der Waals surface area contributed by atoms with Gasteiger partial charge in [0.2, 0.25) is 16.2 Å². The maximum absolute atomic E-state index is 11.0. The highest BCUT2D eigenvalue weighted by molar-refractivity contribution is 9.09. The molecule has 0 aromatic carbocycles. The first-order valence-electron chi connectivity index (χ1n) is 4.08. The molecule has 4 nitrogen and oxygen atoms in total. The van der Waals surface area contributed by atoms with Crippen LogP contribution >= 0.6 is 39.2 Å². The number of nitrogens with one attached hydrogen (secondary N) is 1. The summed E-state index contributed by atoms with van der Waals surface area (Å²) in [4.78, 5) is 15.1. The van der Waals surface area contributed by atoms with E-state index in [1.165, 1.54) is 11.5 Å². The first kappa shape index (κ1) is 11.9. The summed E-state index contributed by atoms with van der Waals surface area (Å²) in [5, 5.41) is 4.22. The van der Waals surface area contributed by atoms with E-state index in [0.29, 0.717) is 5.13 Å². The van der Waals surface area contributed by atoms with Gasteiger partial charge in [0.05, 0.1) is 5.33 Å². The second-order valence-electron chi connectivity index (χ2n) is 2.41. The molecule has 0 aliphatic carbocycles. The smallest absolute Gasteiger partial charge is 0.236 e. The molecule has 0 saturated heterocycles. The van der Waals surface area contributed by atoms with Crippen LogP contribution in [0.2, 0.25) is 0 Å². The molecule has 1 aromatic heterocycles. The number of halogens is 1. The summed E-state index contributed by atoms with van der Waals surface area (Å²) < 4.78 is 4.10. The first-order valence-corrected chi connectivity index (χ1v) is 6.96. The van der Waals surface area contributed by atoms with Gasteiger partial charge in [-0.2, -0.15) is 9.36 Å². The summed E-state index contributed by atoms with van der Waals surface area (Å²) in [6.45, 7) is 2.10. The molecule has 0 aliphatic rings. The van der Waals surface area contributed by atoms with Gasteiger partial charge in [0.15, 0.2) is 0 Å². The molecule has 0 saturated carbocycles. The topological polar surface area (TPSA) is 54.9 Å². The minimum atomic E-state index is -0.104. The zero-order valence-corrected chi connectivity index (χ0v) is 10.8. The molecule has 0 unspecified atom stereocenters. The number of hydrogen-bond donors (Lipinski definition) is 1. The number of hydrogen-bond acceptors (Lipinski definition) is 5. The minimum Gasteiger partial charge on any atom is -0.300 e. The quantitative estimate of drug-likeness (QED) is 0.669. The van der Waals surface area contributed by atoms with Crippen LogP contribution in [0.5, 0.6) is 0 Å². The van der Waals surface area contributed by atoms with Gasteiger partial charge < -0.3 is 0 Å². The molecule has 1 amide bonds. The number of carbonyl (C=O) groups is 1. The normalized spacial score (nSPS) is 10.1. The van der Waals surface area contributed by atoms with Crippen molar-refractivity contribution in [2.75, 3.05) is 16.4 Å². The van der Waals surface area contributed by atoms with Gasteiger partial charge in [-0.25, -0.2) is 0 Å². The van der Waals surface area contributed by atoms with Crippen molar-refractivity contribution in [2.45, 2.75) is 18.5 Å². The Morgan fingerprint density at radius 3 is 3.14 bits per heavy atom. The van der Waals surface area contributed by atoms with Crippen LogP contribution in [-0.4, -0.2) is 26.3 Å². The van der Waals surface area contributed by atoms with E-state index in [2.05, 4.69) is 37.5 Å². The third-order valence-corrected chi connectivity index (χ3v) is 3.52. The second kappa shape index (κ2) is 6.36. The summed E-state index contributed by atoms with van der Waals surface area (Å²) in [6, 6.07) is 0. The third-order valence-electron chi connectivity index (χ3n) is 1.21. The van der Waals surface area contributed by atoms with E-state index < -0.39 is 0 Å². The SMILES string of the molecule is CCCSc1nsc(NC(=O)CBr)n1. The molecule has 14 heavy (non-hydrogen) atoms. The molecule has 0 bridgehead atoms. The number of rotatable bonds is 5. The van der Waals surface area contributed by atoms with E-state index in [4.69, 9.17) is 0 Å². The lowest BCUT2D eigenvalue weighted by Crippen LogP contribution is -2.11. The summed E-state index contributed by atoms with van der Waals surface area (Å²) in [6.07, 6.45) is 1.09. The van der Waals surface area contributed by atoms with Gasteiger partial charge in [-0.15, -0.1) is 0 Å². The summed E-state index contributed by atoms with van der Waals surface area (Å²) in [7, 11) is 0. The number of thioether (sulfide) groups is 1. The largest absolute Gasteiger partial charge is 0.300 e. The maximum Gasteiger partial charge on any atom is 0.236 e. The Bertz CT molecular complexity index is 305. The summed E-state index contributed by atoms with van der Waals surface area (Å²) in [5.41, 5.74) is 0. The molecule has 1 aromatic rings. The van der Waals surface area contributed by atoms with Crippen LogP contribution in [-0.2, 0) is 4.79 Å². The lowest BCUT2D eigenvalue weighted by Gasteiger charge is -1.94. The molecule has 78 valence electrons. The number of anilines is 1. The molecule has 0 aliphatic heterocycles. The van der Waals surface area contributed by atoms with Crippen molar-refractivity contribution in [3.05, 3.63) is 0 Å². The zero-order chi connectivity index (χ0) is 10.4. The standard InChI is InChI=1S/C7H10BrN3OS2/c1-2-3-13-7-10-6(14-11-7)9-5(12)4-8/h2-4H2,1H3,(H,9,10,11,12). The molecule has 1 rings (SSSR count). The van der Waals surface area contributed by atoms with E-state index in [1.54, 1.807) is 11.8 Å². The van der Waals surface area contributed by atoms with Gasteiger partial charge in [0.1, 0.15) is 0 Å². The molecule has 1 heterocycles. The minimum absolute atomic E-state index is 0.104. The van der Waals surface area contributed by atoms with Crippen molar-refractivity contribution in [2.24, 2.45) is 0 Å². The number of nitrogens with zero attached hydrogens (tertiary/aromatic N) is 2. The van der Waals surface area contributed by atoms with Gasteiger partial charge in [-0.05, 0) is 6.42 Å². The predicted molar refractivity (Wildman–Crippen MR) is 63.3 cm³/mol. The van der Waals surface area contributed by atoms with Crippen molar-refractivity contribution in [3.63, 3.8) is 0 Å². The fraction of sp³-hybridized carbons (Fsp3) is 0.571. The Morgan fingerprint density at radius 1 is 1.71 bits per heavy atom. The number of amides is 1. The number of carbonyl (C=O) groups excluding carboxylic acids is 1. The molecule has 0 atom stereocenters. The molecule has 0 radical (unpaired) electrons. The average molecular weight is 296 g/mol. The predicted octanol–water partition coefficient (Wildman–Crippen LogP) is 2.37. The van der Waals surface area contributed by atoms with Crippen molar-refractivity contribution >= 4 is 50.3 Å². The maximum atomic E-state index is 11.0. The fourth-order valence-electron chi connectivity index (χ4n) is 0.665. The summed E-state index contributed by atoms with van der Waals surface area (Å²) >= 11 is 5.87. The van der Waals surface area contributed by atoms with Crippen LogP contribution in [0.1, 0.15) is 13.3 Å². The highest BCUT2D eigenvalue weighted by Gasteiger charge is 2.06. The monoisotopic (exact) mass is 295 g/mol. The Morgan fingerprint density at radius 2 is 2.50 bits per heavy atom. The molecule has 0 spiro atoms. The van der Waals surface area contributed by atoms with Crippen molar-refractivity contribution in [1.29, 1.82) is 0 Å². The van der Waals surface area contributed by atoms with Crippen LogP contribution in [0, 0.1) is 0 Å². The van der Waals surface area contributed by atoms with E-state index in [1.807, 2.05) is 0 Å². The van der Waals surface area contributed by atoms with Gasteiger partial charge in [-0.3, -0.25) is 10.1 Å². The zero-order valence-electron chi connectivity index (χ0n) is 7.62. The van der Waals surface area contributed by atoms with Crippen LogP contribution < -0.4 is 5.32 Å². The fourth-order valence-corrected chi connectivity index (χ4v) is 2.22. The van der Waals surface area contributed by atoms with Crippen molar-refractivity contribution in [1.82, 2.24) is 9.36 Å². The Hall–Kier alpha value is -0.140. The summed E-state index contributed by atoms with van der Waals surface area (Å²) in [5.74, 6) is 0.899. The van der Waals surface area contributed by atoms with Gasteiger partial charge in [-0.1, -0.05) is 34.6 Å². The van der Waals surface area contributed by atoms with Crippen molar-refractivity contribution < 1.29 is 4.79 Å². The average Bonchev–Trinajstić information content (AvgIpc) is 2.62. The molecular formula is C7H10BrN3OS2. The Balaban J connectivity index is 2.46. The van der Waals surface area contributed by atoms with E-state index >= 15 is 0 Å². The lowest BCUT2D eigenvalue weighted by atomic mass is 10.6. The molecule has 1 N–H and O–H groups in total. The second-order valence-corrected chi connectivity index (χ2v) is 4.79. The Labute approximate surface area is 99.2 Å². The van der Waals surface area contributed by atoms with E-state index in [-0.39, 0.29) is 11.2 Å². The highest BCUT2D eigenvalue weighted by Crippen LogP contribution is 2.20. The number of alkyl halides is 1. The molecule has 0 fully saturated rings. The van der Waals surface area contributed by atoms with Crippen LogP contribution in [0.15, 0.2) is 5.16 Å². The van der Waals surface area contributed by atoms with Gasteiger partial charge in [0.25, 0.3) is 0 Å². The van der Waals surface area contributed by atoms with Crippen molar-refractivity contribution in [3.8, 4) is 0 Å². The first-order chi connectivity index (χ1) is 6.76. The van der Waals surface area contributed by atoms with Crippen LogP contribution in [0.4, 0.5) is 5.13 Å². The Kier molecular flexibility index (Phi) is 5.42. The van der Waals surface area contributed by atoms with E-state index in [0.717, 1.165) is 17.3 Å². The third kappa shape index (κ3) is 3.93. The molecule has 7 heteroatoms. The van der Waals surface area contributed by atoms with Gasteiger partial charge in [0, 0.05) is 17.3 Å². The van der Waals surface area contributed by atoms with Gasteiger partial charge >= 0.3 is 0 Å². The lowest BCUT2D eigenvalue weighted by molar-refractivity contribution is -0.113. The highest BCUT2D eigenvalue weighted by atomic mass is 79.9. The van der Waals surface area contributed by atoms with Crippen LogP contribution in [0.3, 0.4) is 0 Å².